The van der Waals surface area contributed by atoms with Gasteiger partial charge in [-0.15, -0.1) is 5.10 Å². The van der Waals surface area contributed by atoms with Gasteiger partial charge in [0.05, 0.1) is 0 Å². The van der Waals surface area contributed by atoms with Crippen molar-refractivity contribution in [3.8, 4) is 5.88 Å². The molecule has 0 atom stereocenters. The number of ether oxygens (including phenoxy) is 1. The molecule has 2 heterocycles. The number of alkyl halides is 2. The Morgan fingerprint density at radius 3 is 2.83 bits per heavy atom. The summed E-state index contributed by atoms with van der Waals surface area (Å²) in [6, 6.07) is 3.51. The molecule has 2 aromatic heterocycles. The maximum absolute atomic E-state index is 13.0. The van der Waals surface area contributed by atoms with Gasteiger partial charge in [-0.25, -0.2) is 18.3 Å². The fraction of sp³-hybridized carbons (Fsp3) is 0.500. The zero-order chi connectivity index (χ0) is 12.6. The van der Waals surface area contributed by atoms with Crippen molar-refractivity contribution in [2.45, 2.75) is 37.7 Å². The fourth-order valence-corrected chi connectivity index (χ4v) is 2.16. The molecule has 0 aliphatic heterocycles. The van der Waals surface area contributed by atoms with Gasteiger partial charge in [0, 0.05) is 31.3 Å². The van der Waals surface area contributed by atoms with E-state index in [0.29, 0.717) is 18.7 Å². The van der Waals surface area contributed by atoms with E-state index in [0.717, 1.165) is 5.65 Å². The highest BCUT2D eigenvalue weighted by atomic mass is 19.3. The first kappa shape index (κ1) is 11.4. The van der Waals surface area contributed by atoms with Gasteiger partial charge in [0.1, 0.15) is 6.10 Å². The Morgan fingerprint density at radius 1 is 1.28 bits per heavy atom. The van der Waals surface area contributed by atoms with Crippen LogP contribution in [-0.4, -0.2) is 26.6 Å². The highest BCUT2D eigenvalue weighted by molar-refractivity contribution is 5.37. The third-order valence-corrected chi connectivity index (χ3v) is 3.18. The maximum atomic E-state index is 13.0. The summed E-state index contributed by atoms with van der Waals surface area (Å²) >= 11 is 0. The van der Waals surface area contributed by atoms with E-state index in [1.54, 1.807) is 29.0 Å². The molecule has 0 aromatic carbocycles. The van der Waals surface area contributed by atoms with Crippen LogP contribution in [0.1, 0.15) is 25.7 Å². The van der Waals surface area contributed by atoms with Gasteiger partial charge in [-0.3, -0.25) is 0 Å². The molecule has 1 fully saturated rings. The zero-order valence-electron chi connectivity index (χ0n) is 9.72. The summed E-state index contributed by atoms with van der Waals surface area (Å²) in [5, 5.41) is 4.21. The van der Waals surface area contributed by atoms with Gasteiger partial charge in [0.2, 0.25) is 11.8 Å². The first-order valence-electron chi connectivity index (χ1n) is 5.97. The minimum atomic E-state index is -2.53. The molecule has 0 bridgehead atoms. The second-order valence-corrected chi connectivity index (χ2v) is 4.57. The summed E-state index contributed by atoms with van der Waals surface area (Å²) in [4.78, 5) is 4.07. The lowest BCUT2D eigenvalue weighted by Gasteiger charge is -2.28. The fourth-order valence-electron chi connectivity index (χ4n) is 2.16. The van der Waals surface area contributed by atoms with Crippen LogP contribution in [0, 0.1) is 0 Å². The zero-order valence-corrected chi connectivity index (χ0v) is 9.72. The average molecular weight is 253 g/mol. The molecule has 1 aliphatic carbocycles. The molecule has 0 unspecified atom stereocenters. The Kier molecular flexibility index (Phi) is 2.65. The van der Waals surface area contributed by atoms with Crippen LogP contribution in [0.5, 0.6) is 5.88 Å². The number of hydrogen-bond donors (Lipinski definition) is 0. The van der Waals surface area contributed by atoms with Gasteiger partial charge in [-0.1, -0.05) is 0 Å². The van der Waals surface area contributed by atoms with Gasteiger partial charge in [-0.05, 0) is 18.9 Å². The number of aromatic nitrogens is 3. The van der Waals surface area contributed by atoms with E-state index >= 15 is 0 Å². The van der Waals surface area contributed by atoms with E-state index in [1.165, 1.54) is 0 Å². The van der Waals surface area contributed by atoms with E-state index < -0.39 is 5.92 Å². The lowest BCUT2D eigenvalue weighted by atomic mass is 9.94. The molecule has 18 heavy (non-hydrogen) atoms. The van der Waals surface area contributed by atoms with Crippen LogP contribution in [0.25, 0.3) is 5.65 Å². The molecule has 1 saturated carbocycles. The van der Waals surface area contributed by atoms with Gasteiger partial charge >= 0.3 is 0 Å². The SMILES string of the molecule is FC1(F)CCC(Oc2ccc3nccn3n2)CC1. The lowest BCUT2D eigenvalue weighted by molar-refractivity contribution is -0.0589. The molecule has 2 aromatic rings. The average Bonchev–Trinajstić information content (AvgIpc) is 2.79. The van der Waals surface area contributed by atoms with E-state index in [2.05, 4.69) is 10.1 Å². The molecule has 4 nitrogen and oxygen atoms in total. The summed E-state index contributed by atoms with van der Waals surface area (Å²) < 4.78 is 33.2. The number of nitrogens with zero attached hydrogens (tertiary/aromatic N) is 3. The maximum Gasteiger partial charge on any atom is 0.248 e. The van der Waals surface area contributed by atoms with E-state index in [1.807, 2.05) is 0 Å². The standard InChI is InChI=1S/C12H13F2N3O/c13-12(14)5-3-9(4-6-12)18-11-2-1-10-15-7-8-17(10)16-11/h1-2,7-9H,3-6H2. The molecule has 0 radical (unpaired) electrons. The topological polar surface area (TPSA) is 39.4 Å². The predicted molar refractivity (Wildman–Crippen MR) is 60.8 cm³/mol. The van der Waals surface area contributed by atoms with Crippen LogP contribution in [0.15, 0.2) is 24.5 Å². The van der Waals surface area contributed by atoms with Crippen LogP contribution in [0.3, 0.4) is 0 Å². The summed E-state index contributed by atoms with van der Waals surface area (Å²) in [7, 11) is 0. The minimum Gasteiger partial charge on any atom is -0.473 e. The van der Waals surface area contributed by atoms with E-state index in [9.17, 15) is 8.78 Å². The largest absolute Gasteiger partial charge is 0.473 e. The van der Waals surface area contributed by atoms with Crippen molar-refractivity contribution in [2.24, 2.45) is 0 Å². The van der Waals surface area contributed by atoms with E-state index in [-0.39, 0.29) is 18.9 Å². The van der Waals surface area contributed by atoms with Crippen LogP contribution < -0.4 is 4.74 Å². The van der Waals surface area contributed by atoms with Crippen molar-refractivity contribution in [3.05, 3.63) is 24.5 Å². The van der Waals surface area contributed by atoms with Crippen molar-refractivity contribution in [1.29, 1.82) is 0 Å². The number of rotatable bonds is 2. The van der Waals surface area contributed by atoms with Crippen LogP contribution >= 0.6 is 0 Å². The molecule has 3 rings (SSSR count). The number of halogens is 2. The summed E-state index contributed by atoms with van der Waals surface area (Å²) in [6.07, 6.45) is 3.73. The van der Waals surface area contributed by atoms with Crippen LogP contribution in [-0.2, 0) is 0 Å². The Hall–Kier alpha value is -1.72. The van der Waals surface area contributed by atoms with Gasteiger partial charge in [-0.2, -0.15) is 0 Å². The van der Waals surface area contributed by atoms with Crippen molar-refractivity contribution in [2.75, 3.05) is 0 Å². The first-order valence-corrected chi connectivity index (χ1v) is 5.97. The molecule has 0 amide bonds. The predicted octanol–water partition coefficient (Wildman–Crippen LogP) is 2.69. The highest BCUT2D eigenvalue weighted by Crippen LogP contribution is 2.34. The third kappa shape index (κ3) is 2.27. The molecule has 96 valence electrons. The smallest absolute Gasteiger partial charge is 0.248 e. The third-order valence-electron chi connectivity index (χ3n) is 3.18. The second kappa shape index (κ2) is 4.19. The minimum absolute atomic E-state index is 0.106. The van der Waals surface area contributed by atoms with Crippen molar-refractivity contribution < 1.29 is 13.5 Å². The molecule has 6 heteroatoms. The lowest BCUT2D eigenvalue weighted by Crippen LogP contribution is -2.31. The number of imidazole rings is 1. The molecular formula is C12H13F2N3O. The molecule has 0 spiro atoms. The Balaban J connectivity index is 1.69. The second-order valence-electron chi connectivity index (χ2n) is 4.57. The monoisotopic (exact) mass is 253 g/mol. The molecular weight excluding hydrogens is 240 g/mol. The molecule has 0 N–H and O–H groups in total. The quantitative estimate of drug-likeness (QED) is 0.826. The van der Waals surface area contributed by atoms with Gasteiger partial charge in [0.25, 0.3) is 0 Å². The Labute approximate surface area is 103 Å². The van der Waals surface area contributed by atoms with E-state index in [4.69, 9.17) is 4.74 Å². The van der Waals surface area contributed by atoms with Crippen molar-refractivity contribution in [3.63, 3.8) is 0 Å². The number of hydrogen-bond acceptors (Lipinski definition) is 3. The van der Waals surface area contributed by atoms with Gasteiger partial charge < -0.3 is 4.74 Å². The van der Waals surface area contributed by atoms with Crippen molar-refractivity contribution >= 4 is 5.65 Å². The molecule has 1 aliphatic rings. The normalized spacial score (nSPS) is 20.1. The van der Waals surface area contributed by atoms with Crippen LogP contribution in [0.2, 0.25) is 0 Å². The van der Waals surface area contributed by atoms with Gasteiger partial charge in [0.15, 0.2) is 5.65 Å². The summed E-state index contributed by atoms with van der Waals surface area (Å²) in [6.45, 7) is 0. The Morgan fingerprint density at radius 2 is 2.06 bits per heavy atom. The molecule has 0 saturated heterocycles. The summed E-state index contributed by atoms with van der Waals surface area (Å²) in [5.74, 6) is -2.07. The highest BCUT2D eigenvalue weighted by Gasteiger charge is 2.35. The van der Waals surface area contributed by atoms with Crippen molar-refractivity contribution in [1.82, 2.24) is 14.6 Å². The first-order chi connectivity index (χ1) is 8.62. The Bertz CT molecular complexity index is 545. The van der Waals surface area contributed by atoms with Crippen LogP contribution in [0.4, 0.5) is 8.78 Å². The summed E-state index contributed by atoms with van der Waals surface area (Å²) in [5.41, 5.74) is 0.734. The number of fused-ring (bicyclic) bond motifs is 1.